The first-order chi connectivity index (χ1) is 8.42. The van der Waals surface area contributed by atoms with Gasteiger partial charge >= 0.3 is 0 Å². The van der Waals surface area contributed by atoms with Crippen molar-refractivity contribution in [2.24, 2.45) is 0 Å². The number of rotatable bonds is 6. The van der Waals surface area contributed by atoms with E-state index in [1.807, 2.05) is 13.0 Å². The van der Waals surface area contributed by atoms with Gasteiger partial charge in [0.25, 0.3) is 5.91 Å². The second-order valence-electron chi connectivity index (χ2n) is 3.87. The summed E-state index contributed by atoms with van der Waals surface area (Å²) in [4.78, 5) is 12.3. The van der Waals surface area contributed by atoms with E-state index in [-0.39, 0.29) is 6.61 Å². The minimum absolute atomic E-state index is 0.0493. The number of carbonyl (C=O) groups is 1. The highest BCUT2D eigenvalue weighted by atomic mass is 32.2. The lowest BCUT2D eigenvalue weighted by atomic mass is 10.2. The number of sulfonamides is 1. The zero-order chi connectivity index (χ0) is 13.8. The van der Waals surface area contributed by atoms with Gasteiger partial charge in [0, 0.05) is 7.11 Å². The van der Waals surface area contributed by atoms with E-state index in [1.54, 1.807) is 5.38 Å². The van der Waals surface area contributed by atoms with Gasteiger partial charge in [-0.1, -0.05) is 6.92 Å². The molecular weight excluding hydrogens is 274 g/mol. The van der Waals surface area contributed by atoms with Crippen molar-refractivity contribution >= 4 is 27.3 Å². The molecule has 1 aromatic rings. The summed E-state index contributed by atoms with van der Waals surface area (Å²) in [6.45, 7) is 3.46. The Kier molecular flexibility index (Phi) is 5.30. The van der Waals surface area contributed by atoms with E-state index in [0.29, 0.717) is 11.3 Å². The summed E-state index contributed by atoms with van der Waals surface area (Å²) in [5, 5.41) is 1.01. The predicted molar refractivity (Wildman–Crippen MR) is 71.4 cm³/mol. The molecule has 0 radical (unpaired) electrons. The van der Waals surface area contributed by atoms with Crippen LogP contribution in [0.25, 0.3) is 0 Å². The fourth-order valence-electron chi connectivity index (χ4n) is 1.41. The fraction of sp³-hybridized carbons (Fsp3) is 0.545. The molecule has 7 heteroatoms. The summed E-state index contributed by atoms with van der Waals surface area (Å²) in [6, 6.07) is 1.82. The first-order valence-corrected chi connectivity index (χ1v) is 7.96. The SMILES string of the molecule is CCc1ccsc1C(=O)NS(=O)(=O)C(C)COC. The number of thiophene rings is 1. The minimum atomic E-state index is -3.69. The van der Waals surface area contributed by atoms with E-state index in [9.17, 15) is 13.2 Å². The van der Waals surface area contributed by atoms with Gasteiger partial charge in [0.1, 0.15) is 5.25 Å². The zero-order valence-electron chi connectivity index (χ0n) is 10.6. The van der Waals surface area contributed by atoms with E-state index in [0.717, 1.165) is 5.56 Å². The van der Waals surface area contributed by atoms with Crippen LogP contribution in [-0.4, -0.2) is 33.3 Å². The molecule has 0 fully saturated rings. The van der Waals surface area contributed by atoms with Gasteiger partial charge in [-0.2, -0.15) is 0 Å². The van der Waals surface area contributed by atoms with Crippen LogP contribution in [0.3, 0.4) is 0 Å². The van der Waals surface area contributed by atoms with Crippen LogP contribution >= 0.6 is 11.3 Å². The van der Waals surface area contributed by atoms with Crippen LogP contribution in [0.15, 0.2) is 11.4 Å². The number of aryl methyl sites for hydroxylation is 1. The molecule has 0 spiro atoms. The van der Waals surface area contributed by atoms with Crippen LogP contribution in [0.2, 0.25) is 0 Å². The molecule has 0 aliphatic carbocycles. The Morgan fingerprint density at radius 3 is 2.78 bits per heavy atom. The lowest BCUT2D eigenvalue weighted by Crippen LogP contribution is -2.38. The van der Waals surface area contributed by atoms with Gasteiger partial charge in [0.15, 0.2) is 0 Å². The summed E-state index contributed by atoms with van der Waals surface area (Å²) >= 11 is 1.24. The molecule has 0 aliphatic heterocycles. The smallest absolute Gasteiger partial charge is 0.275 e. The average molecular weight is 291 g/mol. The third-order valence-corrected chi connectivity index (χ3v) is 5.12. The van der Waals surface area contributed by atoms with Crippen LogP contribution < -0.4 is 4.72 Å². The first-order valence-electron chi connectivity index (χ1n) is 5.53. The van der Waals surface area contributed by atoms with Crippen molar-refractivity contribution in [3.63, 3.8) is 0 Å². The Morgan fingerprint density at radius 1 is 1.56 bits per heavy atom. The summed E-state index contributed by atoms with van der Waals surface area (Å²) in [6.07, 6.45) is 0.694. The van der Waals surface area contributed by atoms with Crippen LogP contribution in [-0.2, 0) is 21.2 Å². The minimum Gasteiger partial charge on any atom is -0.383 e. The molecule has 0 bridgehead atoms. The predicted octanol–water partition coefficient (Wildman–Crippen LogP) is 1.41. The molecule has 0 saturated heterocycles. The van der Waals surface area contributed by atoms with Crippen LogP contribution in [0.4, 0.5) is 0 Å². The molecule has 102 valence electrons. The number of amides is 1. The van der Waals surface area contributed by atoms with Gasteiger partial charge < -0.3 is 4.74 Å². The van der Waals surface area contributed by atoms with Gasteiger partial charge in [-0.15, -0.1) is 11.3 Å². The molecular formula is C11H17NO4S2. The summed E-state index contributed by atoms with van der Waals surface area (Å²) in [7, 11) is -2.27. The van der Waals surface area contributed by atoms with E-state index >= 15 is 0 Å². The lowest BCUT2D eigenvalue weighted by molar-refractivity contribution is 0.0983. The number of hydrogen-bond acceptors (Lipinski definition) is 5. The molecule has 0 saturated carbocycles. The van der Waals surface area contributed by atoms with Gasteiger partial charge in [0.05, 0.1) is 11.5 Å². The van der Waals surface area contributed by atoms with Crippen molar-refractivity contribution in [3.05, 3.63) is 21.9 Å². The second-order valence-corrected chi connectivity index (χ2v) is 6.89. The molecule has 1 rings (SSSR count). The van der Waals surface area contributed by atoms with Crippen molar-refractivity contribution in [1.29, 1.82) is 0 Å². The van der Waals surface area contributed by atoms with E-state index in [4.69, 9.17) is 4.74 Å². The van der Waals surface area contributed by atoms with Gasteiger partial charge in [-0.05, 0) is 30.4 Å². The van der Waals surface area contributed by atoms with Crippen LogP contribution in [0, 0.1) is 0 Å². The fourth-order valence-corrected chi connectivity index (χ4v) is 3.25. The Bertz CT molecular complexity index is 507. The van der Waals surface area contributed by atoms with Gasteiger partial charge in [0.2, 0.25) is 10.0 Å². The number of ether oxygens (including phenoxy) is 1. The average Bonchev–Trinajstić information content (AvgIpc) is 2.76. The van der Waals surface area contributed by atoms with E-state index in [1.165, 1.54) is 25.4 Å². The van der Waals surface area contributed by atoms with Crippen LogP contribution in [0.5, 0.6) is 0 Å². The first kappa shape index (κ1) is 15.1. The van der Waals surface area contributed by atoms with Gasteiger partial charge in [-0.25, -0.2) is 13.1 Å². The Balaban J connectivity index is 2.82. The zero-order valence-corrected chi connectivity index (χ0v) is 12.2. The van der Waals surface area contributed by atoms with Crippen LogP contribution in [0.1, 0.15) is 29.1 Å². The van der Waals surface area contributed by atoms with Crippen molar-refractivity contribution in [2.45, 2.75) is 25.5 Å². The van der Waals surface area contributed by atoms with Crippen molar-refractivity contribution in [3.8, 4) is 0 Å². The van der Waals surface area contributed by atoms with Crippen molar-refractivity contribution < 1.29 is 17.9 Å². The summed E-state index contributed by atoms with van der Waals surface area (Å²) in [5.41, 5.74) is 0.854. The molecule has 1 atom stereocenters. The molecule has 1 aromatic heterocycles. The number of carbonyl (C=O) groups excluding carboxylic acids is 1. The molecule has 1 unspecified atom stereocenters. The maximum absolute atomic E-state index is 11.9. The monoisotopic (exact) mass is 291 g/mol. The summed E-state index contributed by atoms with van der Waals surface area (Å²) < 4.78 is 30.5. The molecule has 0 aromatic carbocycles. The summed E-state index contributed by atoms with van der Waals surface area (Å²) in [5.74, 6) is -0.565. The maximum atomic E-state index is 11.9. The largest absolute Gasteiger partial charge is 0.383 e. The van der Waals surface area contributed by atoms with Crippen molar-refractivity contribution in [2.75, 3.05) is 13.7 Å². The topological polar surface area (TPSA) is 72.5 Å². The molecule has 1 amide bonds. The highest BCUT2D eigenvalue weighted by Gasteiger charge is 2.25. The standard InChI is InChI=1S/C11H17NO4S2/c1-4-9-5-6-17-10(9)11(13)12-18(14,15)8(2)7-16-3/h5-6,8H,4,7H2,1-3H3,(H,12,13). The molecule has 0 aliphatic rings. The Labute approximate surface area is 111 Å². The lowest BCUT2D eigenvalue weighted by Gasteiger charge is -2.12. The third kappa shape index (κ3) is 3.54. The number of methoxy groups -OCH3 is 1. The molecule has 5 nitrogen and oxygen atoms in total. The molecule has 18 heavy (non-hydrogen) atoms. The normalized spacial score (nSPS) is 13.3. The Morgan fingerprint density at radius 2 is 2.22 bits per heavy atom. The van der Waals surface area contributed by atoms with Crippen molar-refractivity contribution in [1.82, 2.24) is 4.72 Å². The third-order valence-electron chi connectivity index (χ3n) is 2.50. The second kappa shape index (κ2) is 6.31. The molecule has 1 heterocycles. The maximum Gasteiger partial charge on any atom is 0.275 e. The van der Waals surface area contributed by atoms with E-state index in [2.05, 4.69) is 4.72 Å². The number of hydrogen-bond donors (Lipinski definition) is 1. The Hall–Kier alpha value is -0.920. The quantitative estimate of drug-likeness (QED) is 0.860. The highest BCUT2D eigenvalue weighted by molar-refractivity contribution is 7.90. The number of nitrogens with one attached hydrogen (secondary N) is 1. The highest BCUT2D eigenvalue weighted by Crippen LogP contribution is 2.17. The van der Waals surface area contributed by atoms with E-state index < -0.39 is 21.2 Å². The molecule has 1 N–H and O–H groups in total. The van der Waals surface area contributed by atoms with Gasteiger partial charge in [-0.3, -0.25) is 4.79 Å².